The predicted octanol–water partition coefficient (Wildman–Crippen LogP) is 1.83. The van der Waals surface area contributed by atoms with E-state index in [1.54, 1.807) is 24.3 Å². The van der Waals surface area contributed by atoms with Crippen LogP contribution in [-0.4, -0.2) is 59.1 Å². The van der Waals surface area contributed by atoms with Crippen LogP contribution in [0.15, 0.2) is 24.3 Å². The summed E-state index contributed by atoms with van der Waals surface area (Å²) in [6, 6.07) is 6.19. The van der Waals surface area contributed by atoms with Crippen LogP contribution in [0, 0.1) is 5.92 Å². The zero-order chi connectivity index (χ0) is 20.3. The van der Waals surface area contributed by atoms with Crippen molar-refractivity contribution in [2.45, 2.75) is 45.6 Å². The normalized spacial score (nSPS) is 17.2. The molecule has 0 unspecified atom stereocenters. The Morgan fingerprint density at radius 2 is 1.61 bits per heavy atom. The second-order valence-electron chi connectivity index (χ2n) is 7.73. The monoisotopic (exact) mass is 385 g/mol. The Hall–Kier alpha value is -2.70. The van der Waals surface area contributed by atoms with Gasteiger partial charge in [-0.1, -0.05) is 26.0 Å². The molecule has 0 aliphatic carbocycles. The number of carbonyl (C=O) groups is 4. The minimum atomic E-state index is -0.537. The van der Waals surface area contributed by atoms with Crippen LogP contribution in [-0.2, 0) is 9.59 Å². The highest BCUT2D eigenvalue weighted by molar-refractivity contribution is 6.21. The summed E-state index contributed by atoms with van der Waals surface area (Å²) in [4.78, 5) is 52.7. The van der Waals surface area contributed by atoms with E-state index in [-0.39, 0.29) is 42.5 Å². The average Bonchev–Trinajstić information content (AvgIpc) is 3.29. The maximum atomic E-state index is 12.6. The topological polar surface area (TPSA) is 86.8 Å². The number of benzene rings is 1. The quantitative estimate of drug-likeness (QED) is 0.726. The molecule has 1 N–H and O–H groups in total. The molecule has 1 aromatic carbocycles. The van der Waals surface area contributed by atoms with Crippen LogP contribution < -0.4 is 5.32 Å². The minimum Gasteiger partial charge on any atom is -0.344 e. The van der Waals surface area contributed by atoms with Gasteiger partial charge in [-0.15, -0.1) is 0 Å². The first kappa shape index (κ1) is 20.0. The molecule has 28 heavy (non-hydrogen) atoms. The lowest BCUT2D eigenvalue weighted by Crippen LogP contribution is -2.50. The van der Waals surface area contributed by atoms with Gasteiger partial charge in [0.15, 0.2) is 0 Å². The lowest BCUT2D eigenvalue weighted by atomic mass is 10.0. The Morgan fingerprint density at radius 1 is 1.04 bits per heavy atom. The lowest BCUT2D eigenvalue weighted by molar-refractivity contribution is -0.136. The summed E-state index contributed by atoms with van der Waals surface area (Å²) in [5, 5.41) is 2.84. The number of fused-ring (bicyclic) bond motifs is 1. The van der Waals surface area contributed by atoms with E-state index in [9.17, 15) is 19.2 Å². The molecule has 2 aliphatic rings. The van der Waals surface area contributed by atoms with Crippen LogP contribution in [0.3, 0.4) is 0 Å². The molecular formula is C21H27N3O4. The van der Waals surface area contributed by atoms with Gasteiger partial charge in [0.1, 0.15) is 6.04 Å². The van der Waals surface area contributed by atoms with Gasteiger partial charge in [-0.2, -0.15) is 0 Å². The maximum Gasteiger partial charge on any atom is 0.261 e. The SMILES string of the molecule is CC(C)[C@H](NC(=O)CCCN1C(=O)c2ccccc2C1=O)C(=O)N1CCCC1. The van der Waals surface area contributed by atoms with E-state index in [4.69, 9.17) is 0 Å². The van der Waals surface area contributed by atoms with Crippen molar-refractivity contribution in [3.8, 4) is 0 Å². The van der Waals surface area contributed by atoms with Crippen LogP contribution in [0.2, 0.25) is 0 Å². The Morgan fingerprint density at radius 3 is 2.14 bits per heavy atom. The van der Waals surface area contributed by atoms with Crippen molar-refractivity contribution in [3.63, 3.8) is 0 Å². The zero-order valence-corrected chi connectivity index (χ0v) is 16.4. The van der Waals surface area contributed by atoms with E-state index in [0.29, 0.717) is 17.5 Å². The largest absolute Gasteiger partial charge is 0.344 e. The van der Waals surface area contributed by atoms with E-state index < -0.39 is 6.04 Å². The van der Waals surface area contributed by atoms with Crippen molar-refractivity contribution in [2.75, 3.05) is 19.6 Å². The summed E-state index contributed by atoms with van der Waals surface area (Å²) in [6.45, 7) is 5.51. The fourth-order valence-electron chi connectivity index (χ4n) is 3.73. The number of carbonyl (C=O) groups excluding carboxylic acids is 4. The molecule has 7 nitrogen and oxygen atoms in total. The molecule has 2 heterocycles. The number of nitrogens with zero attached hydrogens (tertiary/aromatic N) is 2. The van der Waals surface area contributed by atoms with Gasteiger partial charge in [0.2, 0.25) is 11.8 Å². The van der Waals surface area contributed by atoms with Crippen molar-refractivity contribution >= 4 is 23.6 Å². The van der Waals surface area contributed by atoms with Crippen LogP contribution >= 0.6 is 0 Å². The Labute approximate surface area is 165 Å². The molecule has 0 radical (unpaired) electrons. The molecule has 1 fully saturated rings. The van der Waals surface area contributed by atoms with Crippen molar-refractivity contribution in [1.29, 1.82) is 0 Å². The Balaban J connectivity index is 1.51. The summed E-state index contributed by atoms with van der Waals surface area (Å²) < 4.78 is 0. The fraction of sp³-hybridized carbons (Fsp3) is 0.524. The van der Waals surface area contributed by atoms with Crippen LogP contribution in [0.4, 0.5) is 0 Å². The summed E-state index contributed by atoms with van der Waals surface area (Å²) in [6.07, 6.45) is 2.53. The number of hydrogen-bond donors (Lipinski definition) is 1. The van der Waals surface area contributed by atoms with E-state index in [1.807, 2.05) is 18.7 Å². The molecule has 2 aliphatic heterocycles. The minimum absolute atomic E-state index is 0.00622. The first-order valence-corrected chi connectivity index (χ1v) is 9.93. The third kappa shape index (κ3) is 4.08. The molecule has 0 saturated carbocycles. The average molecular weight is 385 g/mol. The summed E-state index contributed by atoms with van der Waals surface area (Å²) >= 11 is 0. The molecule has 0 aromatic heterocycles. The van der Waals surface area contributed by atoms with Crippen LogP contribution in [0.25, 0.3) is 0 Å². The number of imide groups is 1. The highest BCUT2D eigenvalue weighted by Crippen LogP contribution is 2.22. The fourth-order valence-corrected chi connectivity index (χ4v) is 3.73. The number of rotatable bonds is 7. The highest BCUT2D eigenvalue weighted by Gasteiger charge is 2.35. The van der Waals surface area contributed by atoms with Gasteiger partial charge in [0.25, 0.3) is 11.8 Å². The maximum absolute atomic E-state index is 12.6. The van der Waals surface area contributed by atoms with E-state index in [1.165, 1.54) is 4.90 Å². The Kier molecular flexibility index (Phi) is 6.11. The molecule has 1 atom stereocenters. The van der Waals surface area contributed by atoms with Gasteiger partial charge in [0.05, 0.1) is 11.1 Å². The number of amides is 4. The van der Waals surface area contributed by atoms with Crippen molar-refractivity contribution in [2.24, 2.45) is 5.92 Å². The second-order valence-corrected chi connectivity index (χ2v) is 7.73. The summed E-state index contributed by atoms with van der Waals surface area (Å²) in [7, 11) is 0. The number of likely N-dealkylation sites (tertiary alicyclic amines) is 1. The molecule has 1 aromatic rings. The van der Waals surface area contributed by atoms with E-state index >= 15 is 0 Å². The van der Waals surface area contributed by atoms with Crippen LogP contribution in [0.5, 0.6) is 0 Å². The molecule has 1 saturated heterocycles. The summed E-state index contributed by atoms with van der Waals surface area (Å²) in [5.74, 6) is -0.895. The number of hydrogen-bond acceptors (Lipinski definition) is 4. The van der Waals surface area contributed by atoms with Gasteiger partial charge in [-0.25, -0.2) is 0 Å². The molecule has 3 rings (SSSR count). The predicted molar refractivity (Wildman–Crippen MR) is 104 cm³/mol. The first-order valence-electron chi connectivity index (χ1n) is 9.93. The van der Waals surface area contributed by atoms with Crippen molar-refractivity contribution in [3.05, 3.63) is 35.4 Å². The highest BCUT2D eigenvalue weighted by atomic mass is 16.2. The van der Waals surface area contributed by atoms with Gasteiger partial charge >= 0.3 is 0 Å². The molecule has 7 heteroatoms. The number of nitrogens with one attached hydrogen (secondary N) is 1. The second kappa shape index (κ2) is 8.54. The first-order chi connectivity index (χ1) is 13.4. The molecule has 150 valence electrons. The standard InChI is InChI=1S/C21H27N3O4/c1-14(2)18(21(28)23-11-5-6-12-23)22-17(25)10-7-13-24-19(26)15-8-3-4-9-16(15)20(24)27/h3-4,8-9,14,18H,5-7,10-13H2,1-2H3,(H,22,25)/t18-/m0/s1. The third-order valence-corrected chi connectivity index (χ3v) is 5.33. The lowest BCUT2D eigenvalue weighted by Gasteiger charge is -2.26. The molecule has 0 bridgehead atoms. The molecular weight excluding hydrogens is 358 g/mol. The van der Waals surface area contributed by atoms with Crippen molar-refractivity contribution < 1.29 is 19.2 Å². The van der Waals surface area contributed by atoms with E-state index in [2.05, 4.69) is 5.32 Å². The van der Waals surface area contributed by atoms with Gasteiger partial charge in [-0.05, 0) is 37.3 Å². The van der Waals surface area contributed by atoms with Crippen molar-refractivity contribution in [1.82, 2.24) is 15.1 Å². The summed E-state index contributed by atoms with van der Waals surface area (Å²) in [5.41, 5.74) is 0.820. The third-order valence-electron chi connectivity index (χ3n) is 5.33. The van der Waals surface area contributed by atoms with Gasteiger partial charge in [0, 0.05) is 26.1 Å². The zero-order valence-electron chi connectivity index (χ0n) is 16.4. The molecule has 4 amide bonds. The van der Waals surface area contributed by atoms with E-state index in [0.717, 1.165) is 25.9 Å². The van der Waals surface area contributed by atoms with Gasteiger partial charge in [-0.3, -0.25) is 24.1 Å². The van der Waals surface area contributed by atoms with Crippen LogP contribution in [0.1, 0.15) is 60.2 Å². The van der Waals surface area contributed by atoms with Gasteiger partial charge < -0.3 is 10.2 Å². The smallest absolute Gasteiger partial charge is 0.261 e. The molecule has 0 spiro atoms. The Bertz CT molecular complexity index is 749.